The predicted octanol–water partition coefficient (Wildman–Crippen LogP) is 0.232. The smallest absolute Gasteiger partial charge is 0.0249 e. The quantitative estimate of drug-likeness (QED) is 0.679. The average molecular weight is 185 g/mol. The average Bonchev–Trinajstić information content (AvgIpc) is 2.09. The maximum atomic E-state index is 3.34. The highest BCUT2D eigenvalue weighted by Crippen LogP contribution is 2.07. The van der Waals surface area contributed by atoms with Crippen LogP contribution < -0.4 is 5.32 Å². The van der Waals surface area contributed by atoms with Crippen LogP contribution in [0.25, 0.3) is 0 Å². The largest absolute Gasteiger partial charge is 0.314 e. The number of piperazine rings is 1. The van der Waals surface area contributed by atoms with Crippen molar-refractivity contribution in [3.63, 3.8) is 0 Å². The van der Waals surface area contributed by atoms with E-state index in [-0.39, 0.29) is 5.54 Å². The third kappa shape index (κ3) is 3.63. The number of nitrogens with one attached hydrogen (secondary N) is 1. The molecular weight excluding hydrogens is 162 g/mol. The normalized spacial score (nSPS) is 22.2. The Morgan fingerprint density at radius 1 is 1.15 bits per heavy atom. The Morgan fingerprint density at radius 3 is 2.15 bits per heavy atom. The summed E-state index contributed by atoms with van der Waals surface area (Å²) in [5.74, 6) is 0. The lowest BCUT2D eigenvalue weighted by molar-refractivity contribution is 0.126. The summed E-state index contributed by atoms with van der Waals surface area (Å²) in [5, 5.41) is 3.34. The van der Waals surface area contributed by atoms with E-state index in [1.54, 1.807) is 0 Å². The molecule has 13 heavy (non-hydrogen) atoms. The van der Waals surface area contributed by atoms with Crippen LogP contribution in [0, 0.1) is 0 Å². The van der Waals surface area contributed by atoms with Crippen molar-refractivity contribution in [3.05, 3.63) is 0 Å². The maximum absolute atomic E-state index is 3.34. The Bertz CT molecular complexity index is 148. The molecule has 78 valence electrons. The van der Waals surface area contributed by atoms with E-state index < -0.39 is 0 Å². The molecule has 3 heteroatoms. The van der Waals surface area contributed by atoms with Crippen molar-refractivity contribution in [2.24, 2.45) is 0 Å². The molecule has 0 bridgehead atoms. The van der Waals surface area contributed by atoms with Crippen molar-refractivity contribution < 1.29 is 0 Å². The van der Waals surface area contributed by atoms with Gasteiger partial charge in [-0.15, -0.1) is 0 Å². The van der Waals surface area contributed by atoms with Gasteiger partial charge in [0.25, 0.3) is 0 Å². The minimum Gasteiger partial charge on any atom is -0.314 e. The van der Waals surface area contributed by atoms with Crippen LogP contribution in [0.1, 0.15) is 13.8 Å². The first-order valence-electron chi connectivity index (χ1n) is 5.13. The monoisotopic (exact) mass is 185 g/mol. The van der Waals surface area contributed by atoms with Crippen LogP contribution >= 0.6 is 0 Å². The summed E-state index contributed by atoms with van der Waals surface area (Å²) in [6, 6.07) is 0. The minimum atomic E-state index is 0.246. The Kier molecular flexibility index (Phi) is 3.71. The Labute approximate surface area is 82.1 Å². The van der Waals surface area contributed by atoms with Gasteiger partial charge >= 0.3 is 0 Å². The Balaban J connectivity index is 2.30. The van der Waals surface area contributed by atoms with Gasteiger partial charge < -0.3 is 10.2 Å². The van der Waals surface area contributed by atoms with Gasteiger partial charge in [-0.1, -0.05) is 0 Å². The van der Waals surface area contributed by atoms with E-state index in [9.17, 15) is 0 Å². The molecule has 0 aliphatic carbocycles. The summed E-state index contributed by atoms with van der Waals surface area (Å²) in [7, 11) is 4.23. The maximum Gasteiger partial charge on any atom is 0.0249 e. The van der Waals surface area contributed by atoms with Crippen LogP contribution in [0.3, 0.4) is 0 Å². The molecule has 1 N–H and O–H groups in total. The zero-order chi connectivity index (χ0) is 9.90. The first kappa shape index (κ1) is 11.0. The summed E-state index contributed by atoms with van der Waals surface area (Å²) in [5.41, 5.74) is 0.246. The molecule has 3 nitrogen and oxygen atoms in total. The minimum absolute atomic E-state index is 0.246. The topological polar surface area (TPSA) is 18.5 Å². The van der Waals surface area contributed by atoms with Crippen LogP contribution in [-0.4, -0.2) is 62.2 Å². The molecule has 1 saturated heterocycles. The van der Waals surface area contributed by atoms with Gasteiger partial charge in [0, 0.05) is 38.3 Å². The van der Waals surface area contributed by atoms with Gasteiger partial charge in [-0.2, -0.15) is 0 Å². The second-order valence-electron chi connectivity index (χ2n) is 4.71. The fourth-order valence-corrected chi connectivity index (χ4v) is 1.64. The van der Waals surface area contributed by atoms with Gasteiger partial charge in [-0.25, -0.2) is 0 Å². The molecule has 0 radical (unpaired) electrons. The van der Waals surface area contributed by atoms with E-state index in [1.807, 2.05) is 7.05 Å². The molecular formula is C10H23N3. The summed E-state index contributed by atoms with van der Waals surface area (Å²) in [4.78, 5) is 4.93. The van der Waals surface area contributed by atoms with Gasteiger partial charge in [0.05, 0.1) is 0 Å². The molecule has 1 aliphatic rings. The molecule has 1 aliphatic heterocycles. The van der Waals surface area contributed by atoms with Crippen LogP contribution in [0.4, 0.5) is 0 Å². The fourth-order valence-electron chi connectivity index (χ4n) is 1.64. The third-order valence-electron chi connectivity index (χ3n) is 2.89. The SMILES string of the molecule is CNC(C)(C)CN1CCN(C)CC1. The lowest BCUT2D eigenvalue weighted by Crippen LogP contribution is -2.53. The van der Waals surface area contributed by atoms with Crippen LogP contribution in [0.15, 0.2) is 0 Å². The van der Waals surface area contributed by atoms with Crippen molar-refractivity contribution in [1.29, 1.82) is 0 Å². The molecule has 0 aromatic rings. The molecule has 0 unspecified atom stereocenters. The van der Waals surface area contributed by atoms with E-state index in [4.69, 9.17) is 0 Å². The number of rotatable bonds is 3. The Hall–Kier alpha value is -0.120. The second-order valence-corrected chi connectivity index (χ2v) is 4.71. The third-order valence-corrected chi connectivity index (χ3v) is 2.89. The highest BCUT2D eigenvalue weighted by molar-refractivity contribution is 4.82. The molecule has 1 heterocycles. The van der Waals surface area contributed by atoms with Crippen LogP contribution in [0.5, 0.6) is 0 Å². The number of hydrogen-bond donors (Lipinski definition) is 1. The van der Waals surface area contributed by atoms with Gasteiger partial charge in [-0.05, 0) is 27.9 Å². The van der Waals surface area contributed by atoms with E-state index >= 15 is 0 Å². The summed E-state index contributed by atoms with van der Waals surface area (Å²) in [6.45, 7) is 10.5. The number of nitrogens with zero attached hydrogens (tertiary/aromatic N) is 2. The number of hydrogen-bond acceptors (Lipinski definition) is 3. The van der Waals surface area contributed by atoms with Crippen LogP contribution in [-0.2, 0) is 0 Å². The highest BCUT2D eigenvalue weighted by Gasteiger charge is 2.21. The van der Waals surface area contributed by atoms with Crippen molar-refractivity contribution in [1.82, 2.24) is 15.1 Å². The van der Waals surface area contributed by atoms with Crippen LogP contribution in [0.2, 0.25) is 0 Å². The van der Waals surface area contributed by atoms with Gasteiger partial charge in [0.1, 0.15) is 0 Å². The lowest BCUT2D eigenvalue weighted by Gasteiger charge is -2.37. The van der Waals surface area contributed by atoms with Gasteiger partial charge in [0.15, 0.2) is 0 Å². The van der Waals surface area contributed by atoms with E-state index in [1.165, 1.54) is 26.2 Å². The van der Waals surface area contributed by atoms with Crippen molar-refractivity contribution in [2.75, 3.05) is 46.8 Å². The zero-order valence-corrected chi connectivity index (χ0v) is 9.43. The second kappa shape index (κ2) is 4.40. The molecule has 0 aromatic heterocycles. The number of likely N-dealkylation sites (N-methyl/N-ethyl adjacent to an activating group) is 2. The zero-order valence-electron chi connectivity index (χ0n) is 9.43. The molecule has 0 spiro atoms. The summed E-state index contributed by atoms with van der Waals surface area (Å²) >= 11 is 0. The molecule has 0 saturated carbocycles. The predicted molar refractivity (Wildman–Crippen MR) is 57.1 cm³/mol. The van der Waals surface area contributed by atoms with E-state index in [0.717, 1.165) is 6.54 Å². The van der Waals surface area contributed by atoms with Gasteiger partial charge in [-0.3, -0.25) is 4.90 Å². The van der Waals surface area contributed by atoms with Crippen molar-refractivity contribution in [3.8, 4) is 0 Å². The van der Waals surface area contributed by atoms with E-state index in [0.29, 0.717) is 0 Å². The van der Waals surface area contributed by atoms with Crippen molar-refractivity contribution >= 4 is 0 Å². The first-order valence-corrected chi connectivity index (χ1v) is 5.13. The first-order chi connectivity index (χ1) is 6.03. The fraction of sp³-hybridized carbons (Fsp3) is 1.00. The highest BCUT2D eigenvalue weighted by atomic mass is 15.3. The standard InChI is InChI=1S/C10H23N3/c1-10(2,11-3)9-13-7-5-12(4)6-8-13/h11H,5-9H2,1-4H3. The van der Waals surface area contributed by atoms with Gasteiger partial charge in [0.2, 0.25) is 0 Å². The molecule has 1 rings (SSSR count). The lowest BCUT2D eigenvalue weighted by atomic mass is 10.1. The molecule has 0 atom stereocenters. The van der Waals surface area contributed by atoms with Crippen molar-refractivity contribution in [2.45, 2.75) is 19.4 Å². The van der Waals surface area contributed by atoms with E-state index in [2.05, 4.69) is 36.0 Å². The summed E-state index contributed by atoms with van der Waals surface area (Å²) < 4.78 is 0. The Morgan fingerprint density at radius 2 is 1.69 bits per heavy atom. The summed E-state index contributed by atoms with van der Waals surface area (Å²) in [6.07, 6.45) is 0. The molecule has 1 fully saturated rings. The molecule has 0 amide bonds. The molecule has 0 aromatic carbocycles.